The molecule has 162 valence electrons. The van der Waals surface area contributed by atoms with Crippen LogP contribution in [0.2, 0.25) is 0 Å². The van der Waals surface area contributed by atoms with Crippen LogP contribution in [0.25, 0.3) is 10.2 Å². The maximum absolute atomic E-state index is 12.7. The predicted octanol–water partition coefficient (Wildman–Crippen LogP) is 3.88. The second-order valence-electron chi connectivity index (χ2n) is 6.84. The first kappa shape index (κ1) is 21.7. The molecule has 0 aliphatic rings. The summed E-state index contributed by atoms with van der Waals surface area (Å²) in [5, 5.41) is 7.57. The van der Waals surface area contributed by atoms with Gasteiger partial charge in [-0.15, -0.1) is 11.3 Å². The van der Waals surface area contributed by atoms with E-state index < -0.39 is 24.5 Å². The molecule has 0 aliphatic carbocycles. The third-order valence-corrected chi connectivity index (χ3v) is 6.32. The topological polar surface area (TPSA) is 97.4 Å². The van der Waals surface area contributed by atoms with Gasteiger partial charge in [0, 0.05) is 6.42 Å². The summed E-state index contributed by atoms with van der Waals surface area (Å²) in [7, 11) is 0. The lowest BCUT2D eigenvalue weighted by molar-refractivity contribution is -0.149. The van der Waals surface area contributed by atoms with Crippen LogP contribution in [-0.2, 0) is 20.7 Å². The summed E-state index contributed by atoms with van der Waals surface area (Å²) in [6, 6.07) is 19.3. The van der Waals surface area contributed by atoms with Crippen LogP contribution < -0.4 is 10.6 Å². The largest absolute Gasteiger partial charge is 0.454 e. The van der Waals surface area contributed by atoms with Gasteiger partial charge in [0.05, 0.1) is 15.1 Å². The van der Waals surface area contributed by atoms with E-state index in [1.54, 1.807) is 17.5 Å². The lowest BCUT2D eigenvalue weighted by Gasteiger charge is -2.17. The van der Waals surface area contributed by atoms with E-state index in [1.807, 2.05) is 54.6 Å². The van der Waals surface area contributed by atoms with Gasteiger partial charge < -0.3 is 10.1 Å². The van der Waals surface area contributed by atoms with Gasteiger partial charge in [0.15, 0.2) is 11.7 Å². The Morgan fingerprint density at radius 2 is 1.75 bits per heavy atom. The Labute approximate surface area is 192 Å². The first-order valence-corrected chi connectivity index (χ1v) is 11.5. The average molecular weight is 466 g/mol. The zero-order valence-electron chi connectivity index (χ0n) is 16.8. The van der Waals surface area contributed by atoms with Crippen LogP contribution in [0.3, 0.4) is 0 Å². The smallest absolute Gasteiger partial charge is 0.329 e. The van der Waals surface area contributed by atoms with E-state index in [1.165, 1.54) is 22.7 Å². The summed E-state index contributed by atoms with van der Waals surface area (Å²) < 4.78 is 6.16. The molecule has 0 fully saturated rings. The molecule has 0 aliphatic heterocycles. The van der Waals surface area contributed by atoms with Crippen molar-refractivity contribution in [2.24, 2.45) is 0 Å². The third-order valence-electron chi connectivity index (χ3n) is 4.50. The number of esters is 1. The maximum atomic E-state index is 12.7. The normalized spacial score (nSPS) is 11.6. The van der Waals surface area contributed by atoms with E-state index in [2.05, 4.69) is 15.6 Å². The number of nitrogens with one attached hydrogen (secondary N) is 2. The number of amides is 2. The van der Waals surface area contributed by atoms with E-state index >= 15 is 0 Å². The van der Waals surface area contributed by atoms with E-state index in [0.717, 1.165) is 15.8 Å². The molecule has 2 aromatic carbocycles. The molecule has 0 bridgehead atoms. The quantitative estimate of drug-likeness (QED) is 0.385. The minimum Gasteiger partial charge on any atom is -0.454 e. The molecule has 0 unspecified atom stereocenters. The molecule has 2 amide bonds. The molecule has 2 heterocycles. The number of nitrogens with zero attached hydrogens (tertiary/aromatic N) is 1. The van der Waals surface area contributed by atoms with Crippen LogP contribution in [0.4, 0.5) is 5.13 Å². The highest BCUT2D eigenvalue weighted by Crippen LogP contribution is 2.25. The van der Waals surface area contributed by atoms with E-state index in [9.17, 15) is 14.4 Å². The molecule has 9 heteroatoms. The van der Waals surface area contributed by atoms with E-state index in [0.29, 0.717) is 10.0 Å². The first-order chi connectivity index (χ1) is 15.6. The van der Waals surface area contributed by atoms with Gasteiger partial charge in [0.2, 0.25) is 0 Å². The van der Waals surface area contributed by atoms with Crippen molar-refractivity contribution in [2.45, 2.75) is 12.5 Å². The molecular weight excluding hydrogens is 446 g/mol. The van der Waals surface area contributed by atoms with Gasteiger partial charge in [-0.1, -0.05) is 59.9 Å². The number of hydrogen-bond donors (Lipinski definition) is 2. The van der Waals surface area contributed by atoms with Gasteiger partial charge in [-0.3, -0.25) is 14.9 Å². The zero-order chi connectivity index (χ0) is 22.3. The first-order valence-electron chi connectivity index (χ1n) is 9.79. The number of para-hydroxylation sites is 1. The summed E-state index contributed by atoms with van der Waals surface area (Å²) in [5.74, 6) is -1.55. The zero-order valence-corrected chi connectivity index (χ0v) is 18.4. The van der Waals surface area contributed by atoms with Crippen LogP contribution in [0, 0.1) is 0 Å². The lowest BCUT2D eigenvalue weighted by atomic mass is 10.1. The minimum absolute atomic E-state index is 0.246. The molecule has 0 saturated heterocycles. The number of fused-ring (bicyclic) bond motifs is 1. The number of ether oxygens (including phenoxy) is 1. The van der Waals surface area contributed by atoms with E-state index in [-0.39, 0.29) is 12.3 Å². The molecule has 1 atom stereocenters. The maximum Gasteiger partial charge on any atom is 0.329 e. The van der Waals surface area contributed by atoms with Gasteiger partial charge in [-0.05, 0) is 29.1 Å². The fraction of sp³-hybridized carbons (Fsp3) is 0.130. The van der Waals surface area contributed by atoms with Crippen molar-refractivity contribution >= 4 is 55.8 Å². The molecule has 4 aromatic rings. The highest BCUT2D eigenvalue weighted by atomic mass is 32.1. The summed E-state index contributed by atoms with van der Waals surface area (Å²) in [6.45, 7) is -0.477. The monoisotopic (exact) mass is 465 g/mol. The van der Waals surface area contributed by atoms with Crippen LogP contribution in [0.1, 0.15) is 15.2 Å². The molecule has 2 aromatic heterocycles. The van der Waals surface area contributed by atoms with Gasteiger partial charge in [0.1, 0.15) is 6.04 Å². The highest BCUT2D eigenvalue weighted by Gasteiger charge is 2.24. The van der Waals surface area contributed by atoms with Crippen molar-refractivity contribution < 1.29 is 19.1 Å². The summed E-state index contributed by atoms with van der Waals surface area (Å²) in [6.07, 6.45) is 0.246. The predicted molar refractivity (Wildman–Crippen MR) is 125 cm³/mol. The lowest BCUT2D eigenvalue weighted by Crippen LogP contribution is -2.43. The van der Waals surface area contributed by atoms with Crippen molar-refractivity contribution in [3.05, 3.63) is 82.6 Å². The molecule has 0 spiro atoms. The Morgan fingerprint density at radius 3 is 2.50 bits per heavy atom. The number of anilines is 1. The standard InChI is InChI=1S/C23H19N3O4S2/c27-20(26-23-25-16-9-4-5-10-18(16)32-23)14-30-22(29)17(13-15-7-2-1-3-8-15)24-21(28)19-11-6-12-31-19/h1-12,17H,13-14H2,(H,24,28)(H,25,26,27)/t17-/m1/s1. The number of rotatable bonds is 8. The molecular formula is C23H19N3O4S2. The molecule has 32 heavy (non-hydrogen) atoms. The SMILES string of the molecule is O=C(COC(=O)[C@@H](Cc1ccccc1)NC(=O)c1cccs1)Nc1nc2ccccc2s1. The van der Waals surface area contributed by atoms with Gasteiger partial charge in [-0.25, -0.2) is 9.78 Å². The number of thiazole rings is 1. The molecule has 4 rings (SSSR count). The average Bonchev–Trinajstić information content (AvgIpc) is 3.47. The van der Waals surface area contributed by atoms with Crippen LogP contribution >= 0.6 is 22.7 Å². The van der Waals surface area contributed by atoms with Crippen molar-refractivity contribution in [3.63, 3.8) is 0 Å². The molecule has 2 N–H and O–H groups in total. The Bertz CT molecular complexity index is 1190. The van der Waals surface area contributed by atoms with E-state index in [4.69, 9.17) is 4.74 Å². The highest BCUT2D eigenvalue weighted by molar-refractivity contribution is 7.22. The Morgan fingerprint density at radius 1 is 0.969 bits per heavy atom. The van der Waals surface area contributed by atoms with Crippen LogP contribution in [0.5, 0.6) is 0 Å². The summed E-state index contributed by atoms with van der Waals surface area (Å²) >= 11 is 2.61. The van der Waals surface area contributed by atoms with Crippen molar-refractivity contribution in [2.75, 3.05) is 11.9 Å². The molecule has 0 radical (unpaired) electrons. The molecule has 0 saturated carbocycles. The van der Waals surface area contributed by atoms with Gasteiger partial charge >= 0.3 is 5.97 Å². The summed E-state index contributed by atoms with van der Waals surface area (Å²) in [4.78, 5) is 42.3. The fourth-order valence-electron chi connectivity index (χ4n) is 3.00. The number of hydrogen-bond acceptors (Lipinski definition) is 7. The molecule has 7 nitrogen and oxygen atoms in total. The van der Waals surface area contributed by atoms with Crippen molar-refractivity contribution in [1.82, 2.24) is 10.3 Å². The van der Waals surface area contributed by atoms with Gasteiger partial charge in [-0.2, -0.15) is 0 Å². The number of aromatic nitrogens is 1. The third kappa shape index (κ3) is 5.57. The summed E-state index contributed by atoms with van der Waals surface area (Å²) in [5.41, 5.74) is 1.64. The van der Waals surface area contributed by atoms with Crippen LogP contribution in [0.15, 0.2) is 72.1 Å². The number of benzene rings is 2. The second kappa shape index (κ2) is 10.2. The fourth-order valence-corrected chi connectivity index (χ4v) is 4.51. The Hall–Kier alpha value is -3.56. The second-order valence-corrected chi connectivity index (χ2v) is 8.81. The number of carbonyl (C=O) groups excluding carboxylic acids is 3. The van der Waals surface area contributed by atoms with Crippen molar-refractivity contribution in [1.29, 1.82) is 0 Å². The Kier molecular flexibility index (Phi) is 6.88. The Balaban J connectivity index is 1.38. The minimum atomic E-state index is -0.928. The number of thiophene rings is 1. The van der Waals surface area contributed by atoms with Crippen molar-refractivity contribution in [3.8, 4) is 0 Å². The van der Waals surface area contributed by atoms with Gasteiger partial charge in [0.25, 0.3) is 11.8 Å². The van der Waals surface area contributed by atoms with Crippen LogP contribution in [-0.4, -0.2) is 35.4 Å². The number of carbonyl (C=O) groups is 3.